The van der Waals surface area contributed by atoms with Crippen molar-refractivity contribution in [2.24, 2.45) is 0 Å². The number of rotatable bonds is 8. The average molecular weight is 374 g/mol. The highest BCUT2D eigenvalue weighted by molar-refractivity contribution is 5.90. The van der Waals surface area contributed by atoms with Crippen LogP contribution in [0.25, 0.3) is 11.1 Å². The normalized spacial score (nSPS) is 11.8. The van der Waals surface area contributed by atoms with Gasteiger partial charge in [0.05, 0.1) is 11.7 Å². The fraction of sp³-hybridized carbons (Fsp3) is 0.240. The van der Waals surface area contributed by atoms with E-state index in [9.17, 15) is 4.79 Å². The molecule has 0 fully saturated rings. The van der Waals surface area contributed by atoms with Gasteiger partial charge in [-0.1, -0.05) is 73.7 Å². The fourth-order valence-corrected chi connectivity index (χ4v) is 2.94. The van der Waals surface area contributed by atoms with Gasteiger partial charge in [0, 0.05) is 6.61 Å². The quantitative estimate of drug-likeness (QED) is 0.441. The Labute approximate surface area is 166 Å². The van der Waals surface area contributed by atoms with Crippen molar-refractivity contribution in [3.05, 3.63) is 95.6 Å². The monoisotopic (exact) mass is 374 g/mol. The highest BCUT2D eigenvalue weighted by atomic mass is 16.5. The van der Waals surface area contributed by atoms with Crippen molar-refractivity contribution >= 4 is 5.97 Å². The van der Waals surface area contributed by atoms with Crippen LogP contribution >= 0.6 is 0 Å². The molecule has 0 amide bonds. The molecule has 0 aliphatic rings. The highest BCUT2D eigenvalue weighted by Crippen LogP contribution is 2.24. The molecule has 0 heterocycles. The van der Waals surface area contributed by atoms with E-state index in [0.717, 1.165) is 29.7 Å². The molecule has 0 radical (unpaired) electrons. The van der Waals surface area contributed by atoms with Gasteiger partial charge in [-0.3, -0.25) is 0 Å². The summed E-state index contributed by atoms with van der Waals surface area (Å²) in [6.45, 7) is 5.23. The molecule has 3 nitrogen and oxygen atoms in total. The molecule has 3 aromatic carbocycles. The minimum atomic E-state index is -0.312. The number of carbonyl (C=O) groups is 1. The number of hydrogen-bond acceptors (Lipinski definition) is 3. The third kappa shape index (κ3) is 5.30. The lowest BCUT2D eigenvalue weighted by Gasteiger charge is -2.13. The Balaban J connectivity index is 1.61. The van der Waals surface area contributed by atoms with Crippen LogP contribution in [0.1, 0.15) is 47.9 Å². The van der Waals surface area contributed by atoms with Crippen molar-refractivity contribution in [3.8, 4) is 11.1 Å². The molecule has 0 aliphatic carbocycles. The first-order chi connectivity index (χ1) is 13.7. The summed E-state index contributed by atoms with van der Waals surface area (Å²) >= 11 is 0. The SMILES string of the molecule is CCCOC(C)c1ccc(-c2ccc(C(=O)OCc3ccccc3)cc2)cc1. The molecule has 28 heavy (non-hydrogen) atoms. The van der Waals surface area contributed by atoms with Crippen molar-refractivity contribution < 1.29 is 14.3 Å². The van der Waals surface area contributed by atoms with Gasteiger partial charge in [-0.2, -0.15) is 0 Å². The van der Waals surface area contributed by atoms with E-state index >= 15 is 0 Å². The van der Waals surface area contributed by atoms with Crippen LogP contribution in [0.2, 0.25) is 0 Å². The first-order valence-corrected chi connectivity index (χ1v) is 9.70. The Hall–Kier alpha value is -2.91. The van der Waals surface area contributed by atoms with Gasteiger partial charge in [0.1, 0.15) is 6.61 Å². The second kappa shape index (κ2) is 9.86. The van der Waals surface area contributed by atoms with Gasteiger partial charge in [-0.25, -0.2) is 4.79 Å². The first-order valence-electron chi connectivity index (χ1n) is 9.70. The molecule has 144 valence electrons. The Kier molecular flexibility index (Phi) is 6.99. The van der Waals surface area contributed by atoms with Crippen LogP contribution in [0.15, 0.2) is 78.9 Å². The zero-order valence-electron chi connectivity index (χ0n) is 16.4. The standard InChI is InChI=1S/C25H26O3/c1-3-17-27-19(2)21-9-11-22(12-10-21)23-13-15-24(16-14-23)25(26)28-18-20-7-5-4-6-8-20/h4-16,19H,3,17-18H2,1-2H3. The summed E-state index contributed by atoms with van der Waals surface area (Å²) in [5.74, 6) is -0.312. The smallest absolute Gasteiger partial charge is 0.338 e. The molecule has 3 aromatic rings. The lowest BCUT2D eigenvalue weighted by Crippen LogP contribution is -2.05. The minimum Gasteiger partial charge on any atom is -0.457 e. The summed E-state index contributed by atoms with van der Waals surface area (Å²) in [6.07, 6.45) is 1.11. The molecule has 0 spiro atoms. The predicted octanol–water partition coefficient (Wildman–Crippen LogP) is 6.20. The number of hydrogen-bond donors (Lipinski definition) is 0. The molecule has 3 heteroatoms. The second-order valence-corrected chi connectivity index (χ2v) is 6.77. The molecule has 0 aliphatic heterocycles. The maximum absolute atomic E-state index is 12.2. The summed E-state index contributed by atoms with van der Waals surface area (Å²) in [5, 5.41) is 0. The van der Waals surface area contributed by atoms with E-state index in [1.165, 1.54) is 5.56 Å². The van der Waals surface area contributed by atoms with E-state index in [1.54, 1.807) is 0 Å². The number of esters is 1. The van der Waals surface area contributed by atoms with Crippen LogP contribution in [0.3, 0.4) is 0 Å². The van der Waals surface area contributed by atoms with Crippen LogP contribution < -0.4 is 0 Å². The largest absolute Gasteiger partial charge is 0.457 e. The molecular formula is C25H26O3. The van der Waals surface area contributed by atoms with Gasteiger partial charge < -0.3 is 9.47 Å². The van der Waals surface area contributed by atoms with Crippen LogP contribution in [0.5, 0.6) is 0 Å². The third-order valence-electron chi connectivity index (χ3n) is 4.62. The molecule has 0 aromatic heterocycles. The second-order valence-electron chi connectivity index (χ2n) is 6.77. The summed E-state index contributed by atoms with van der Waals surface area (Å²) in [4.78, 5) is 12.2. The van der Waals surface area contributed by atoms with Gasteiger partial charge in [-0.05, 0) is 47.7 Å². The fourth-order valence-electron chi connectivity index (χ4n) is 2.94. The molecular weight excluding hydrogens is 348 g/mol. The van der Waals surface area contributed by atoms with E-state index in [1.807, 2.05) is 54.6 Å². The highest BCUT2D eigenvalue weighted by Gasteiger charge is 2.09. The van der Waals surface area contributed by atoms with Crippen LogP contribution in [0.4, 0.5) is 0 Å². The zero-order valence-corrected chi connectivity index (χ0v) is 16.4. The van der Waals surface area contributed by atoms with E-state index in [2.05, 4.69) is 38.1 Å². The lowest BCUT2D eigenvalue weighted by molar-refractivity contribution is 0.0472. The Morgan fingerprint density at radius 3 is 2.07 bits per heavy atom. The van der Waals surface area contributed by atoms with Gasteiger partial charge in [0.15, 0.2) is 0 Å². The first kappa shape index (κ1) is 19.8. The Morgan fingerprint density at radius 1 is 0.857 bits per heavy atom. The van der Waals surface area contributed by atoms with Crippen molar-refractivity contribution in [2.75, 3.05) is 6.61 Å². The van der Waals surface area contributed by atoms with Crippen LogP contribution in [-0.2, 0) is 16.1 Å². The van der Waals surface area contributed by atoms with E-state index in [-0.39, 0.29) is 18.7 Å². The number of carbonyl (C=O) groups excluding carboxylic acids is 1. The average Bonchev–Trinajstić information content (AvgIpc) is 2.76. The summed E-state index contributed by atoms with van der Waals surface area (Å²) in [5.41, 5.74) is 4.87. The zero-order chi connectivity index (χ0) is 19.8. The van der Waals surface area contributed by atoms with Crippen molar-refractivity contribution in [1.82, 2.24) is 0 Å². The van der Waals surface area contributed by atoms with Crippen molar-refractivity contribution in [2.45, 2.75) is 33.0 Å². The summed E-state index contributed by atoms with van der Waals surface area (Å²) in [6, 6.07) is 25.6. The molecule has 3 rings (SSSR count). The summed E-state index contributed by atoms with van der Waals surface area (Å²) < 4.78 is 11.1. The topological polar surface area (TPSA) is 35.5 Å². The van der Waals surface area contributed by atoms with Gasteiger partial charge in [0.2, 0.25) is 0 Å². The van der Waals surface area contributed by atoms with Crippen LogP contribution in [0, 0.1) is 0 Å². The summed E-state index contributed by atoms with van der Waals surface area (Å²) in [7, 11) is 0. The van der Waals surface area contributed by atoms with Crippen molar-refractivity contribution in [3.63, 3.8) is 0 Å². The third-order valence-corrected chi connectivity index (χ3v) is 4.62. The molecule has 1 unspecified atom stereocenters. The Bertz CT molecular complexity index is 868. The predicted molar refractivity (Wildman–Crippen MR) is 112 cm³/mol. The van der Waals surface area contributed by atoms with Crippen LogP contribution in [-0.4, -0.2) is 12.6 Å². The van der Waals surface area contributed by atoms with E-state index in [0.29, 0.717) is 5.56 Å². The lowest BCUT2D eigenvalue weighted by atomic mass is 10.0. The molecule has 0 saturated carbocycles. The van der Waals surface area contributed by atoms with Gasteiger partial charge in [-0.15, -0.1) is 0 Å². The number of benzene rings is 3. The van der Waals surface area contributed by atoms with E-state index < -0.39 is 0 Å². The van der Waals surface area contributed by atoms with E-state index in [4.69, 9.17) is 9.47 Å². The Morgan fingerprint density at radius 2 is 1.46 bits per heavy atom. The number of ether oxygens (including phenoxy) is 2. The van der Waals surface area contributed by atoms with Gasteiger partial charge >= 0.3 is 5.97 Å². The van der Waals surface area contributed by atoms with Gasteiger partial charge in [0.25, 0.3) is 0 Å². The molecule has 0 N–H and O–H groups in total. The molecule has 0 bridgehead atoms. The molecule has 1 atom stereocenters. The maximum atomic E-state index is 12.2. The maximum Gasteiger partial charge on any atom is 0.338 e. The van der Waals surface area contributed by atoms with Crippen molar-refractivity contribution in [1.29, 1.82) is 0 Å². The minimum absolute atomic E-state index is 0.0933. The molecule has 0 saturated heterocycles.